The van der Waals surface area contributed by atoms with Crippen molar-refractivity contribution in [1.82, 2.24) is 9.97 Å². The van der Waals surface area contributed by atoms with Crippen molar-refractivity contribution in [3.05, 3.63) is 47.4 Å². The van der Waals surface area contributed by atoms with Crippen molar-refractivity contribution in [2.75, 3.05) is 17.2 Å². The monoisotopic (exact) mass is 352 g/mol. The lowest BCUT2D eigenvalue weighted by Gasteiger charge is -2.34. The molecule has 4 rings (SSSR count). The Morgan fingerprint density at radius 1 is 1.12 bits per heavy atom. The van der Waals surface area contributed by atoms with Crippen LogP contribution >= 0.6 is 0 Å². The molecule has 2 aliphatic rings. The highest BCUT2D eigenvalue weighted by atomic mass is 16.4. The van der Waals surface area contributed by atoms with Gasteiger partial charge >= 0.3 is 5.97 Å². The van der Waals surface area contributed by atoms with Crippen LogP contribution in [0.15, 0.2) is 30.6 Å². The Kier molecular flexibility index (Phi) is 3.86. The lowest BCUT2D eigenvalue weighted by atomic mass is 9.70. The van der Waals surface area contributed by atoms with E-state index < -0.39 is 5.97 Å². The number of carboxylic acid groups (broad SMARTS) is 1. The van der Waals surface area contributed by atoms with Crippen molar-refractivity contribution >= 4 is 23.4 Å². The van der Waals surface area contributed by atoms with Gasteiger partial charge in [-0.25, -0.2) is 14.8 Å². The fourth-order valence-corrected chi connectivity index (χ4v) is 4.28. The first-order valence-corrected chi connectivity index (χ1v) is 8.78. The minimum absolute atomic E-state index is 0.103. The van der Waals surface area contributed by atoms with Gasteiger partial charge in [0.15, 0.2) is 11.5 Å². The number of fused-ring (bicyclic) bond motifs is 2. The van der Waals surface area contributed by atoms with Crippen LogP contribution < -0.4 is 10.6 Å². The molecule has 1 aromatic carbocycles. The van der Waals surface area contributed by atoms with Gasteiger partial charge in [-0.15, -0.1) is 0 Å². The van der Waals surface area contributed by atoms with E-state index >= 15 is 0 Å². The van der Waals surface area contributed by atoms with E-state index in [1.54, 1.807) is 23.1 Å². The Morgan fingerprint density at radius 3 is 2.54 bits per heavy atom. The number of hydrogen-bond donors (Lipinski definition) is 2. The summed E-state index contributed by atoms with van der Waals surface area (Å²) < 4.78 is 0. The molecule has 0 unspecified atom stereocenters. The van der Waals surface area contributed by atoms with Gasteiger partial charge in [0.05, 0.1) is 5.56 Å². The molecule has 0 radical (unpaired) electrons. The summed E-state index contributed by atoms with van der Waals surface area (Å²) in [5, 5.41) is 9.38. The largest absolute Gasteiger partial charge is 0.478 e. The number of aromatic nitrogens is 2. The van der Waals surface area contributed by atoms with Crippen molar-refractivity contribution in [2.24, 2.45) is 0 Å². The van der Waals surface area contributed by atoms with Gasteiger partial charge in [0, 0.05) is 30.0 Å². The first-order valence-electron chi connectivity index (χ1n) is 8.78. The average Bonchev–Trinajstić information content (AvgIpc) is 2.96. The molecule has 1 amide bonds. The van der Waals surface area contributed by atoms with Crippen molar-refractivity contribution < 1.29 is 14.7 Å². The third-order valence-electron chi connectivity index (χ3n) is 5.55. The lowest BCUT2D eigenvalue weighted by Crippen LogP contribution is -2.39. The quantitative estimate of drug-likeness (QED) is 0.860. The van der Waals surface area contributed by atoms with Crippen LogP contribution in [0.25, 0.3) is 0 Å². The molecule has 0 atom stereocenters. The molecule has 7 nitrogen and oxygen atoms in total. The molecular formula is C19H20N4O3. The average molecular weight is 352 g/mol. The van der Waals surface area contributed by atoms with Gasteiger partial charge in [0.1, 0.15) is 0 Å². The van der Waals surface area contributed by atoms with Crippen molar-refractivity contribution in [1.29, 1.82) is 0 Å². The summed E-state index contributed by atoms with van der Waals surface area (Å²) in [6.45, 7) is 0.528. The second-order valence-corrected chi connectivity index (χ2v) is 7.06. The van der Waals surface area contributed by atoms with Crippen LogP contribution in [0.5, 0.6) is 0 Å². The van der Waals surface area contributed by atoms with Crippen LogP contribution in [0, 0.1) is 0 Å². The highest BCUT2D eigenvalue weighted by molar-refractivity contribution is 6.09. The van der Waals surface area contributed by atoms with Gasteiger partial charge in [-0.1, -0.05) is 19.3 Å². The number of amides is 1. The van der Waals surface area contributed by atoms with Gasteiger partial charge < -0.3 is 15.7 Å². The predicted molar refractivity (Wildman–Crippen MR) is 96.3 cm³/mol. The topological polar surface area (TPSA) is 109 Å². The summed E-state index contributed by atoms with van der Waals surface area (Å²) in [5.41, 5.74) is 7.75. The zero-order valence-electron chi connectivity index (χ0n) is 14.3. The number of anilines is 2. The number of nitrogens with zero attached hydrogens (tertiary/aromatic N) is 3. The summed E-state index contributed by atoms with van der Waals surface area (Å²) in [6, 6.07) is 5.01. The van der Waals surface area contributed by atoms with Crippen LogP contribution in [0.4, 0.5) is 11.5 Å². The summed E-state index contributed by atoms with van der Waals surface area (Å²) in [6.07, 6.45) is 8.11. The maximum atomic E-state index is 13.1. The van der Waals surface area contributed by atoms with E-state index in [0.29, 0.717) is 6.54 Å². The molecule has 2 heterocycles. The number of benzene rings is 1. The normalized spacial score (nSPS) is 17.9. The summed E-state index contributed by atoms with van der Waals surface area (Å²) in [7, 11) is 0. The van der Waals surface area contributed by atoms with Crippen LogP contribution in [-0.2, 0) is 5.41 Å². The minimum atomic E-state index is -0.957. The molecule has 3 N–H and O–H groups in total. The minimum Gasteiger partial charge on any atom is -0.478 e. The van der Waals surface area contributed by atoms with E-state index in [2.05, 4.69) is 9.97 Å². The Labute approximate surface area is 150 Å². The fraction of sp³-hybridized carbons (Fsp3) is 0.368. The van der Waals surface area contributed by atoms with E-state index in [9.17, 15) is 14.7 Å². The van der Waals surface area contributed by atoms with Crippen LogP contribution in [0.3, 0.4) is 0 Å². The standard InChI is InChI=1S/C19H20N4O3/c20-16-15(21-8-9-22-16)17(24)23-11-19(6-2-1-3-7-19)13-10-12(18(25)26)4-5-14(13)23/h4-5,8-10H,1-3,6-7,11H2,(H2,20,22)(H,25,26). The molecule has 1 aliphatic carbocycles. The molecule has 1 spiro atoms. The lowest BCUT2D eigenvalue weighted by molar-refractivity contribution is 0.0696. The van der Waals surface area contributed by atoms with E-state index in [-0.39, 0.29) is 28.4 Å². The third-order valence-corrected chi connectivity index (χ3v) is 5.55. The maximum absolute atomic E-state index is 13.1. The van der Waals surface area contributed by atoms with E-state index in [1.807, 2.05) is 0 Å². The van der Waals surface area contributed by atoms with Crippen molar-refractivity contribution in [3.8, 4) is 0 Å². The van der Waals surface area contributed by atoms with Crippen LogP contribution in [0.1, 0.15) is 58.5 Å². The maximum Gasteiger partial charge on any atom is 0.335 e. The predicted octanol–water partition coefficient (Wildman–Crippen LogP) is 2.62. The number of carbonyl (C=O) groups is 2. The van der Waals surface area contributed by atoms with Crippen molar-refractivity contribution in [2.45, 2.75) is 37.5 Å². The Morgan fingerprint density at radius 2 is 1.85 bits per heavy atom. The molecule has 0 bridgehead atoms. The SMILES string of the molecule is Nc1nccnc1C(=O)N1CC2(CCCCC2)c2cc(C(=O)O)ccc21. The van der Waals surface area contributed by atoms with Gasteiger partial charge in [0.25, 0.3) is 5.91 Å². The van der Waals surface area contributed by atoms with E-state index in [4.69, 9.17) is 5.73 Å². The van der Waals surface area contributed by atoms with Gasteiger partial charge in [0.2, 0.25) is 0 Å². The molecule has 7 heteroatoms. The third kappa shape index (κ3) is 2.51. The molecule has 1 aliphatic heterocycles. The van der Waals surface area contributed by atoms with Gasteiger partial charge in [-0.3, -0.25) is 4.79 Å². The number of hydrogen-bond acceptors (Lipinski definition) is 5. The van der Waals surface area contributed by atoms with Gasteiger partial charge in [-0.2, -0.15) is 0 Å². The molecule has 0 saturated heterocycles. The first kappa shape index (κ1) is 16.5. The molecule has 134 valence electrons. The Bertz CT molecular complexity index is 890. The van der Waals surface area contributed by atoms with Crippen LogP contribution in [-0.4, -0.2) is 33.5 Å². The molecule has 1 fully saturated rings. The van der Waals surface area contributed by atoms with E-state index in [0.717, 1.165) is 36.9 Å². The first-order chi connectivity index (χ1) is 12.5. The summed E-state index contributed by atoms with van der Waals surface area (Å²) in [4.78, 5) is 34.3. The smallest absolute Gasteiger partial charge is 0.335 e. The number of nitrogen functional groups attached to an aromatic ring is 1. The second kappa shape index (κ2) is 6.09. The number of carbonyl (C=O) groups excluding carboxylic acids is 1. The Balaban J connectivity index is 1.81. The second-order valence-electron chi connectivity index (χ2n) is 7.06. The van der Waals surface area contributed by atoms with E-state index in [1.165, 1.54) is 18.8 Å². The molecule has 2 aromatic rings. The zero-order chi connectivity index (χ0) is 18.3. The molecule has 26 heavy (non-hydrogen) atoms. The van der Waals surface area contributed by atoms with Gasteiger partial charge in [-0.05, 0) is 36.6 Å². The molecule has 1 saturated carbocycles. The van der Waals surface area contributed by atoms with Crippen LogP contribution in [0.2, 0.25) is 0 Å². The molecular weight excluding hydrogens is 332 g/mol. The fourth-order valence-electron chi connectivity index (χ4n) is 4.28. The zero-order valence-corrected chi connectivity index (χ0v) is 14.3. The van der Waals surface area contributed by atoms with Crippen molar-refractivity contribution in [3.63, 3.8) is 0 Å². The number of aromatic carboxylic acids is 1. The number of rotatable bonds is 2. The highest BCUT2D eigenvalue weighted by Crippen LogP contribution is 2.49. The molecule has 1 aromatic heterocycles. The number of nitrogens with two attached hydrogens (primary N) is 1. The summed E-state index contributed by atoms with van der Waals surface area (Å²) in [5.74, 6) is -1.14. The Hall–Kier alpha value is -2.96. The highest BCUT2D eigenvalue weighted by Gasteiger charge is 2.46. The summed E-state index contributed by atoms with van der Waals surface area (Å²) >= 11 is 0. The number of carboxylic acids is 1.